The molecule has 4 nitrogen and oxygen atoms in total. The van der Waals surface area contributed by atoms with Crippen LogP contribution in [0.1, 0.15) is 30.3 Å². The van der Waals surface area contributed by atoms with Gasteiger partial charge in [0, 0.05) is 31.9 Å². The van der Waals surface area contributed by atoms with E-state index >= 15 is 0 Å². The van der Waals surface area contributed by atoms with Crippen molar-refractivity contribution >= 4 is 17.5 Å². The largest absolute Gasteiger partial charge is 0.342 e. The number of likely N-dealkylation sites (tertiary alicyclic amines) is 1. The summed E-state index contributed by atoms with van der Waals surface area (Å²) in [5.41, 5.74) is 0.714. The van der Waals surface area contributed by atoms with Crippen molar-refractivity contribution in [3.63, 3.8) is 0 Å². The molecule has 3 rings (SSSR count). The van der Waals surface area contributed by atoms with Crippen LogP contribution in [-0.4, -0.2) is 41.1 Å². The van der Waals surface area contributed by atoms with Crippen molar-refractivity contribution in [3.8, 4) is 0 Å². The van der Waals surface area contributed by atoms with Gasteiger partial charge < -0.3 is 14.8 Å². The summed E-state index contributed by atoms with van der Waals surface area (Å²) in [7, 11) is 0. The highest BCUT2D eigenvalue weighted by Gasteiger charge is 2.37. The highest BCUT2D eigenvalue weighted by atomic mass is 35.5. The Bertz CT molecular complexity index is 471. The lowest BCUT2D eigenvalue weighted by atomic mass is 9.94. The average Bonchev–Trinajstić information content (AvgIpc) is 3.00. The highest BCUT2D eigenvalue weighted by molar-refractivity contribution is 6.31. The van der Waals surface area contributed by atoms with E-state index in [-0.39, 0.29) is 5.91 Å². The first-order chi connectivity index (χ1) is 9.19. The molecule has 104 valence electrons. The van der Waals surface area contributed by atoms with E-state index in [1.807, 2.05) is 22.6 Å². The molecule has 2 aliphatic heterocycles. The normalized spacial score (nSPS) is 26.5. The molecule has 3 heterocycles. The summed E-state index contributed by atoms with van der Waals surface area (Å²) in [6.45, 7) is 5.59. The van der Waals surface area contributed by atoms with Crippen LogP contribution in [0.3, 0.4) is 0 Å². The van der Waals surface area contributed by atoms with Crippen LogP contribution in [0.25, 0.3) is 0 Å². The molecule has 2 atom stereocenters. The van der Waals surface area contributed by atoms with E-state index < -0.39 is 0 Å². The van der Waals surface area contributed by atoms with Crippen molar-refractivity contribution in [1.29, 1.82) is 0 Å². The van der Waals surface area contributed by atoms with Crippen molar-refractivity contribution in [2.75, 3.05) is 19.6 Å². The first-order valence-electron chi connectivity index (χ1n) is 7.07. The zero-order chi connectivity index (χ0) is 13.4. The molecule has 2 aliphatic rings. The number of carbonyl (C=O) groups excluding carboxylic acids is 1. The van der Waals surface area contributed by atoms with Gasteiger partial charge in [0.1, 0.15) is 5.69 Å². The zero-order valence-electron chi connectivity index (χ0n) is 11.2. The predicted molar refractivity (Wildman–Crippen MR) is 75.5 cm³/mol. The van der Waals surface area contributed by atoms with Gasteiger partial charge in [-0.25, -0.2) is 0 Å². The smallest absolute Gasteiger partial charge is 0.270 e. The van der Waals surface area contributed by atoms with E-state index in [1.165, 1.54) is 12.8 Å². The van der Waals surface area contributed by atoms with Crippen LogP contribution in [0.4, 0.5) is 0 Å². The third kappa shape index (κ3) is 2.39. The number of nitrogens with one attached hydrogen (secondary N) is 1. The molecule has 1 N–H and O–H groups in total. The van der Waals surface area contributed by atoms with Crippen LogP contribution < -0.4 is 5.32 Å². The lowest BCUT2D eigenvalue weighted by Gasteiger charge is -2.24. The van der Waals surface area contributed by atoms with Gasteiger partial charge in [0.25, 0.3) is 5.91 Å². The van der Waals surface area contributed by atoms with Gasteiger partial charge in [-0.15, -0.1) is 0 Å². The molecule has 19 heavy (non-hydrogen) atoms. The van der Waals surface area contributed by atoms with Gasteiger partial charge in [0.15, 0.2) is 0 Å². The van der Waals surface area contributed by atoms with Crippen LogP contribution in [0.15, 0.2) is 12.3 Å². The Balaban J connectivity index is 1.77. The molecule has 1 aromatic rings. The Kier molecular flexibility index (Phi) is 3.54. The van der Waals surface area contributed by atoms with Gasteiger partial charge in [-0.3, -0.25) is 4.79 Å². The van der Waals surface area contributed by atoms with Gasteiger partial charge in [-0.1, -0.05) is 11.6 Å². The maximum atomic E-state index is 12.6. The summed E-state index contributed by atoms with van der Waals surface area (Å²) < 4.78 is 1.93. The molecule has 0 saturated carbocycles. The monoisotopic (exact) mass is 281 g/mol. The number of piperidine rings is 1. The van der Waals surface area contributed by atoms with Gasteiger partial charge in [-0.2, -0.15) is 0 Å². The molecule has 2 unspecified atom stereocenters. The molecule has 0 spiro atoms. The van der Waals surface area contributed by atoms with Crippen LogP contribution >= 0.6 is 11.6 Å². The molecule has 1 amide bonds. The molecule has 0 bridgehead atoms. The third-order valence-corrected chi connectivity index (χ3v) is 4.52. The highest BCUT2D eigenvalue weighted by Crippen LogP contribution is 2.26. The van der Waals surface area contributed by atoms with Crippen LogP contribution in [0, 0.1) is 5.92 Å². The summed E-state index contributed by atoms with van der Waals surface area (Å²) in [6.07, 6.45) is 4.29. The Morgan fingerprint density at radius 3 is 3.11 bits per heavy atom. The number of aryl methyl sites for hydroxylation is 1. The van der Waals surface area contributed by atoms with Gasteiger partial charge in [0.2, 0.25) is 0 Å². The molecule has 5 heteroatoms. The summed E-state index contributed by atoms with van der Waals surface area (Å²) in [6, 6.07) is 2.27. The van der Waals surface area contributed by atoms with E-state index in [4.69, 9.17) is 11.6 Å². The van der Waals surface area contributed by atoms with Crippen molar-refractivity contribution < 1.29 is 4.79 Å². The van der Waals surface area contributed by atoms with Gasteiger partial charge in [-0.05, 0) is 38.3 Å². The minimum Gasteiger partial charge on any atom is -0.342 e. The first kappa shape index (κ1) is 13.0. The second-order valence-electron chi connectivity index (χ2n) is 5.50. The number of nitrogens with zero attached hydrogens (tertiary/aromatic N) is 2. The first-order valence-corrected chi connectivity index (χ1v) is 7.45. The Labute approximate surface area is 118 Å². The van der Waals surface area contributed by atoms with E-state index in [9.17, 15) is 4.79 Å². The minimum atomic E-state index is 0.116. The molecule has 0 aliphatic carbocycles. The summed E-state index contributed by atoms with van der Waals surface area (Å²) in [5.74, 6) is 0.739. The van der Waals surface area contributed by atoms with Crippen molar-refractivity contribution in [2.24, 2.45) is 5.92 Å². The Morgan fingerprint density at radius 2 is 2.37 bits per heavy atom. The standard InChI is InChI=1S/C14H20ClN3O/c1-2-17-8-11(15)6-13(17)14(19)18-7-10-4-3-5-16-12(10)9-18/h6,8,10,12,16H,2-5,7,9H2,1H3. The Hall–Kier alpha value is -1.00. The zero-order valence-corrected chi connectivity index (χ0v) is 12.0. The van der Waals surface area contributed by atoms with Crippen molar-refractivity contribution in [2.45, 2.75) is 32.4 Å². The number of halogens is 1. The number of aromatic nitrogens is 1. The summed E-state index contributed by atoms with van der Waals surface area (Å²) in [5, 5.41) is 4.16. The summed E-state index contributed by atoms with van der Waals surface area (Å²) >= 11 is 6.01. The fraction of sp³-hybridized carbons (Fsp3) is 0.643. The number of fused-ring (bicyclic) bond motifs is 1. The fourth-order valence-corrected chi connectivity index (χ4v) is 3.51. The van der Waals surface area contributed by atoms with Gasteiger partial charge >= 0.3 is 0 Å². The van der Waals surface area contributed by atoms with Crippen LogP contribution in [0.5, 0.6) is 0 Å². The van der Waals surface area contributed by atoms with Crippen LogP contribution in [-0.2, 0) is 6.54 Å². The third-order valence-electron chi connectivity index (χ3n) is 4.31. The molecule has 2 saturated heterocycles. The van der Waals surface area contributed by atoms with E-state index in [2.05, 4.69) is 5.32 Å². The number of rotatable bonds is 2. The van der Waals surface area contributed by atoms with Crippen molar-refractivity contribution in [3.05, 3.63) is 23.0 Å². The van der Waals surface area contributed by atoms with E-state index in [0.29, 0.717) is 22.7 Å². The SMILES string of the molecule is CCn1cc(Cl)cc1C(=O)N1CC2CCCNC2C1. The number of carbonyl (C=O) groups is 1. The quantitative estimate of drug-likeness (QED) is 0.900. The molecule has 1 aromatic heterocycles. The van der Waals surface area contributed by atoms with Crippen molar-refractivity contribution in [1.82, 2.24) is 14.8 Å². The second kappa shape index (κ2) is 5.17. The molecular formula is C14H20ClN3O. The maximum absolute atomic E-state index is 12.6. The van der Waals surface area contributed by atoms with E-state index in [0.717, 1.165) is 26.2 Å². The second-order valence-corrected chi connectivity index (χ2v) is 5.94. The van der Waals surface area contributed by atoms with Crippen LogP contribution in [0.2, 0.25) is 5.02 Å². The molecule has 0 aromatic carbocycles. The maximum Gasteiger partial charge on any atom is 0.270 e. The number of hydrogen-bond acceptors (Lipinski definition) is 2. The lowest BCUT2D eigenvalue weighted by Crippen LogP contribution is -2.41. The molecule has 2 fully saturated rings. The van der Waals surface area contributed by atoms with Gasteiger partial charge in [0.05, 0.1) is 5.02 Å². The summed E-state index contributed by atoms with van der Waals surface area (Å²) in [4.78, 5) is 14.6. The molecule has 0 radical (unpaired) electrons. The average molecular weight is 282 g/mol. The fourth-order valence-electron chi connectivity index (χ4n) is 3.29. The Morgan fingerprint density at radius 1 is 1.53 bits per heavy atom. The lowest BCUT2D eigenvalue weighted by molar-refractivity contribution is 0.0775. The molecular weight excluding hydrogens is 262 g/mol. The minimum absolute atomic E-state index is 0.116. The predicted octanol–water partition coefficient (Wildman–Crippen LogP) is 1.99. The number of amides is 1. The number of hydrogen-bond donors (Lipinski definition) is 1. The topological polar surface area (TPSA) is 37.3 Å². The van der Waals surface area contributed by atoms with E-state index in [1.54, 1.807) is 6.07 Å².